The highest BCUT2D eigenvalue weighted by molar-refractivity contribution is 7.09. The Morgan fingerprint density at radius 1 is 1.33 bits per heavy atom. The fourth-order valence-electron chi connectivity index (χ4n) is 1.62. The predicted octanol–water partition coefficient (Wildman–Crippen LogP) is 1.75. The maximum absolute atomic E-state index is 12.2. The number of carboxylic acids is 1. The number of carbonyl (C=O) groups is 2. The van der Waals surface area contributed by atoms with E-state index in [9.17, 15) is 9.59 Å². The zero-order chi connectivity index (χ0) is 15.2. The molecule has 1 heterocycles. The first kappa shape index (κ1) is 14.9. The summed E-state index contributed by atoms with van der Waals surface area (Å²) < 4.78 is 3.55. The first-order chi connectivity index (χ1) is 10.1. The zero-order valence-electron chi connectivity index (χ0n) is 11.2. The van der Waals surface area contributed by atoms with Gasteiger partial charge < -0.3 is 5.11 Å². The van der Waals surface area contributed by atoms with Crippen molar-refractivity contribution in [3.05, 3.63) is 29.8 Å². The summed E-state index contributed by atoms with van der Waals surface area (Å²) in [5.41, 5.74) is 1.66. The summed E-state index contributed by atoms with van der Waals surface area (Å²) in [6.07, 6.45) is -0.157. The van der Waals surface area contributed by atoms with E-state index in [1.54, 1.807) is 12.1 Å². The number of aryl methyl sites for hydroxylation is 1. The molecule has 0 fully saturated rings. The van der Waals surface area contributed by atoms with Crippen molar-refractivity contribution in [2.24, 2.45) is 0 Å². The molecule has 1 aromatic heterocycles. The van der Waals surface area contributed by atoms with Crippen LogP contribution in [-0.2, 0) is 4.79 Å². The number of carboxylic acid groups (broad SMARTS) is 1. The molecule has 0 aliphatic heterocycles. The molecule has 1 aromatic carbocycles. The first-order valence-corrected chi connectivity index (χ1v) is 6.85. The number of amides is 2. The quantitative estimate of drug-likeness (QED) is 0.871. The molecule has 0 spiro atoms. The number of aromatic nitrogens is 3. The highest BCUT2D eigenvalue weighted by atomic mass is 32.1. The molecule has 0 atom stereocenters. The van der Waals surface area contributed by atoms with Crippen LogP contribution in [0, 0.1) is 6.92 Å². The smallest absolute Gasteiger partial charge is 0.328 e. The highest BCUT2D eigenvalue weighted by Crippen LogP contribution is 2.17. The molecule has 8 nitrogen and oxygen atoms in total. The Balaban J connectivity index is 2.16. The van der Waals surface area contributed by atoms with Crippen LogP contribution in [0.4, 0.5) is 15.6 Å². The van der Waals surface area contributed by atoms with Gasteiger partial charge in [-0.05, 0) is 24.3 Å². The predicted molar refractivity (Wildman–Crippen MR) is 77.5 cm³/mol. The largest absolute Gasteiger partial charge is 0.481 e. The first-order valence-electron chi connectivity index (χ1n) is 6.08. The SMILES string of the molecule is Cc1ccc(N(CCC(=O)O)C(=O)Nc2nnns2)cc1. The molecule has 0 unspecified atom stereocenters. The Morgan fingerprint density at radius 2 is 2.05 bits per heavy atom. The van der Waals surface area contributed by atoms with Crippen molar-refractivity contribution in [1.29, 1.82) is 0 Å². The number of rotatable bonds is 5. The Kier molecular flexibility index (Phi) is 4.77. The second-order valence-corrected chi connectivity index (χ2v) is 4.96. The van der Waals surface area contributed by atoms with Crippen molar-refractivity contribution in [3.63, 3.8) is 0 Å². The van der Waals surface area contributed by atoms with Gasteiger partial charge in [0.15, 0.2) is 0 Å². The molecule has 2 amide bonds. The van der Waals surface area contributed by atoms with E-state index >= 15 is 0 Å². The average Bonchev–Trinajstić information content (AvgIpc) is 2.93. The number of anilines is 2. The summed E-state index contributed by atoms with van der Waals surface area (Å²) >= 11 is 0.944. The normalized spacial score (nSPS) is 10.1. The maximum Gasteiger partial charge on any atom is 0.328 e. The van der Waals surface area contributed by atoms with E-state index in [0.717, 1.165) is 17.1 Å². The Labute approximate surface area is 124 Å². The fraction of sp³-hybridized carbons (Fsp3) is 0.250. The molecule has 21 heavy (non-hydrogen) atoms. The lowest BCUT2D eigenvalue weighted by Gasteiger charge is -2.21. The van der Waals surface area contributed by atoms with E-state index in [2.05, 4.69) is 20.1 Å². The van der Waals surface area contributed by atoms with E-state index in [4.69, 9.17) is 5.11 Å². The number of nitrogens with zero attached hydrogens (tertiary/aromatic N) is 4. The van der Waals surface area contributed by atoms with Crippen LogP contribution in [0.2, 0.25) is 0 Å². The van der Waals surface area contributed by atoms with Gasteiger partial charge in [-0.2, -0.15) is 0 Å². The summed E-state index contributed by atoms with van der Waals surface area (Å²) in [6, 6.07) is 6.74. The fourth-order valence-corrected chi connectivity index (χ4v) is 1.98. The van der Waals surface area contributed by atoms with Gasteiger partial charge in [0.2, 0.25) is 5.13 Å². The van der Waals surface area contributed by atoms with Gasteiger partial charge in [0.1, 0.15) is 0 Å². The summed E-state index contributed by atoms with van der Waals surface area (Å²) in [5.74, 6) is -0.975. The number of urea groups is 1. The van der Waals surface area contributed by atoms with Gasteiger partial charge in [0.25, 0.3) is 0 Å². The minimum atomic E-state index is -0.975. The summed E-state index contributed by atoms with van der Waals surface area (Å²) in [7, 11) is 0. The van der Waals surface area contributed by atoms with Crippen molar-refractivity contribution < 1.29 is 14.7 Å². The number of nitrogens with one attached hydrogen (secondary N) is 1. The molecule has 2 aromatic rings. The third-order valence-corrected chi connectivity index (χ3v) is 3.16. The topological polar surface area (TPSA) is 108 Å². The van der Waals surface area contributed by atoms with Crippen molar-refractivity contribution in [2.75, 3.05) is 16.8 Å². The van der Waals surface area contributed by atoms with Gasteiger partial charge in [0.05, 0.1) is 6.42 Å². The molecule has 0 radical (unpaired) electrons. The van der Waals surface area contributed by atoms with Gasteiger partial charge in [-0.25, -0.2) is 4.79 Å². The molecule has 9 heteroatoms. The van der Waals surface area contributed by atoms with Gasteiger partial charge in [-0.1, -0.05) is 27.3 Å². The number of aliphatic carboxylic acids is 1. The highest BCUT2D eigenvalue weighted by Gasteiger charge is 2.18. The van der Waals surface area contributed by atoms with Crippen LogP contribution in [0.3, 0.4) is 0 Å². The Morgan fingerprint density at radius 3 is 2.62 bits per heavy atom. The van der Waals surface area contributed by atoms with E-state index in [1.807, 2.05) is 19.1 Å². The lowest BCUT2D eigenvalue weighted by Crippen LogP contribution is -2.36. The Hall–Kier alpha value is -2.55. The standard InChI is InChI=1S/C12H13N5O3S/c1-8-2-4-9(5-3-8)17(7-6-10(18)19)12(20)13-11-14-15-16-21-11/h2-5H,6-7H2,1H3,(H,18,19)(H,13,14,16,20). The van der Waals surface area contributed by atoms with Crippen molar-refractivity contribution >= 4 is 34.4 Å². The van der Waals surface area contributed by atoms with Crippen molar-refractivity contribution in [2.45, 2.75) is 13.3 Å². The summed E-state index contributed by atoms with van der Waals surface area (Å²) in [4.78, 5) is 24.3. The molecule has 2 N–H and O–H groups in total. The third-order valence-electron chi connectivity index (χ3n) is 2.65. The molecule has 0 bridgehead atoms. The minimum Gasteiger partial charge on any atom is -0.481 e. The molecular weight excluding hydrogens is 294 g/mol. The van der Waals surface area contributed by atoms with Crippen LogP contribution in [-0.4, -0.2) is 38.5 Å². The van der Waals surface area contributed by atoms with E-state index in [0.29, 0.717) is 5.69 Å². The number of hydrogen-bond donors (Lipinski definition) is 2. The second kappa shape index (κ2) is 6.75. The molecule has 110 valence electrons. The molecular formula is C12H13N5O3S. The van der Waals surface area contributed by atoms with Crippen LogP contribution in [0.5, 0.6) is 0 Å². The molecule has 0 aliphatic rings. The van der Waals surface area contributed by atoms with Crippen LogP contribution in [0.25, 0.3) is 0 Å². The summed E-state index contributed by atoms with van der Waals surface area (Å²) in [6.45, 7) is 1.98. The van der Waals surface area contributed by atoms with E-state index < -0.39 is 12.0 Å². The van der Waals surface area contributed by atoms with Gasteiger partial charge in [-0.3, -0.25) is 15.0 Å². The molecule has 0 saturated heterocycles. The molecule has 0 aliphatic carbocycles. The number of benzene rings is 1. The minimum absolute atomic E-state index is 0.0520. The van der Waals surface area contributed by atoms with Crippen LogP contribution in [0.15, 0.2) is 24.3 Å². The van der Waals surface area contributed by atoms with E-state index in [1.165, 1.54) is 4.90 Å². The van der Waals surface area contributed by atoms with Crippen LogP contribution < -0.4 is 10.2 Å². The average molecular weight is 307 g/mol. The van der Waals surface area contributed by atoms with Crippen LogP contribution in [0.1, 0.15) is 12.0 Å². The lowest BCUT2D eigenvalue weighted by molar-refractivity contribution is -0.136. The second-order valence-electron chi connectivity index (χ2n) is 4.23. The monoisotopic (exact) mass is 307 g/mol. The number of hydrogen-bond acceptors (Lipinski definition) is 6. The van der Waals surface area contributed by atoms with Crippen molar-refractivity contribution in [3.8, 4) is 0 Å². The zero-order valence-corrected chi connectivity index (χ0v) is 12.0. The van der Waals surface area contributed by atoms with E-state index in [-0.39, 0.29) is 18.1 Å². The third kappa shape index (κ3) is 4.21. The van der Waals surface area contributed by atoms with Gasteiger partial charge in [0, 0.05) is 23.8 Å². The maximum atomic E-state index is 12.2. The Bertz CT molecular complexity index is 614. The number of carbonyl (C=O) groups excluding carboxylic acids is 1. The molecule has 0 saturated carbocycles. The van der Waals surface area contributed by atoms with Crippen LogP contribution >= 0.6 is 11.5 Å². The molecule has 2 rings (SSSR count). The summed E-state index contributed by atoms with van der Waals surface area (Å²) in [5, 5.41) is 18.6. The van der Waals surface area contributed by atoms with Crippen molar-refractivity contribution in [1.82, 2.24) is 14.8 Å². The lowest BCUT2D eigenvalue weighted by atomic mass is 10.2. The van der Waals surface area contributed by atoms with Gasteiger partial charge >= 0.3 is 12.0 Å². The van der Waals surface area contributed by atoms with Gasteiger partial charge in [-0.15, -0.1) is 0 Å².